The summed E-state index contributed by atoms with van der Waals surface area (Å²) in [6.45, 7) is 0.971. The van der Waals surface area contributed by atoms with Crippen LogP contribution in [0.1, 0.15) is 24.0 Å². The number of nitrogens with zero attached hydrogens (tertiary/aromatic N) is 2. The van der Waals surface area contributed by atoms with Crippen LogP contribution in [0.2, 0.25) is 0 Å². The lowest BCUT2D eigenvalue weighted by Crippen LogP contribution is -2.40. The van der Waals surface area contributed by atoms with Gasteiger partial charge in [0.05, 0.1) is 6.07 Å². The van der Waals surface area contributed by atoms with Crippen LogP contribution >= 0.6 is 0 Å². The van der Waals surface area contributed by atoms with Gasteiger partial charge in [0.2, 0.25) is 0 Å². The molecule has 2 aliphatic rings. The number of hydrogen-bond acceptors (Lipinski definition) is 2. The van der Waals surface area contributed by atoms with E-state index in [4.69, 9.17) is 0 Å². The minimum Gasteiger partial charge on any atom is -0.280 e. The number of benzene rings is 1. The summed E-state index contributed by atoms with van der Waals surface area (Å²) in [5, 5.41) is 9.17. The van der Waals surface area contributed by atoms with Crippen molar-refractivity contribution in [1.29, 1.82) is 5.26 Å². The van der Waals surface area contributed by atoms with Crippen molar-refractivity contribution in [2.24, 2.45) is 0 Å². The predicted molar refractivity (Wildman–Crippen MR) is 58.1 cm³/mol. The van der Waals surface area contributed by atoms with Crippen LogP contribution in [0.3, 0.4) is 0 Å². The number of hydrogen-bond donors (Lipinski definition) is 0. The maximum atomic E-state index is 9.17. The summed E-state index contributed by atoms with van der Waals surface area (Å²) in [5.41, 5.74) is 2.77. The van der Waals surface area contributed by atoms with E-state index in [1.807, 2.05) is 0 Å². The fraction of sp³-hybridized carbons (Fsp3) is 0.462. The Morgan fingerprint density at radius 3 is 2.60 bits per heavy atom. The molecule has 1 unspecified atom stereocenters. The first-order chi connectivity index (χ1) is 7.38. The molecule has 1 fully saturated rings. The van der Waals surface area contributed by atoms with Gasteiger partial charge in [-0.25, -0.2) is 0 Å². The Morgan fingerprint density at radius 2 is 1.93 bits per heavy atom. The molecule has 0 N–H and O–H groups in total. The van der Waals surface area contributed by atoms with Crippen molar-refractivity contribution < 1.29 is 0 Å². The van der Waals surface area contributed by atoms with Crippen LogP contribution < -0.4 is 0 Å². The molecule has 0 spiro atoms. The lowest BCUT2D eigenvalue weighted by atomic mass is 9.94. The summed E-state index contributed by atoms with van der Waals surface area (Å²) in [7, 11) is 0. The largest absolute Gasteiger partial charge is 0.280 e. The second kappa shape index (κ2) is 3.36. The van der Waals surface area contributed by atoms with Crippen molar-refractivity contribution >= 4 is 0 Å². The van der Waals surface area contributed by atoms with Crippen LogP contribution in [-0.2, 0) is 13.0 Å². The van der Waals surface area contributed by atoms with Crippen molar-refractivity contribution in [3.8, 4) is 6.07 Å². The zero-order valence-corrected chi connectivity index (χ0v) is 8.69. The van der Waals surface area contributed by atoms with E-state index in [1.165, 1.54) is 24.0 Å². The summed E-state index contributed by atoms with van der Waals surface area (Å²) in [5.74, 6) is 0. The van der Waals surface area contributed by atoms with E-state index < -0.39 is 0 Å². The minimum atomic E-state index is 0.104. The van der Waals surface area contributed by atoms with E-state index in [1.54, 1.807) is 0 Å². The van der Waals surface area contributed by atoms with Crippen LogP contribution in [0.5, 0.6) is 0 Å². The maximum Gasteiger partial charge on any atom is 0.102 e. The highest BCUT2D eigenvalue weighted by atomic mass is 15.2. The Kier molecular flexibility index (Phi) is 2.00. The maximum absolute atomic E-state index is 9.17. The van der Waals surface area contributed by atoms with Crippen LogP contribution in [0.15, 0.2) is 24.3 Å². The summed E-state index contributed by atoms with van der Waals surface area (Å²) in [4.78, 5) is 2.38. The molecule has 76 valence electrons. The van der Waals surface area contributed by atoms with Gasteiger partial charge in [-0.05, 0) is 24.0 Å². The third-order valence-electron chi connectivity index (χ3n) is 3.45. The van der Waals surface area contributed by atoms with Gasteiger partial charge in [-0.2, -0.15) is 5.26 Å². The first-order valence-electron chi connectivity index (χ1n) is 5.60. The minimum absolute atomic E-state index is 0.104. The van der Waals surface area contributed by atoms with Gasteiger partial charge in [-0.1, -0.05) is 24.3 Å². The van der Waals surface area contributed by atoms with Crippen LogP contribution in [0.4, 0.5) is 0 Å². The normalized spacial score (nSPS) is 25.7. The van der Waals surface area contributed by atoms with Gasteiger partial charge in [-0.3, -0.25) is 4.90 Å². The average Bonchev–Trinajstić information content (AvgIpc) is 3.11. The third kappa shape index (κ3) is 1.53. The van der Waals surface area contributed by atoms with Gasteiger partial charge < -0.3 is 0 Å². The van der Waals surface area contributed by atoms with Crippen LogP contribution in [-0.4, -0.2) is 17.0 Å². The van der Waals surface area contributed by atoms with Crippen molar-refractivity contribution in [1.82, 2.24) is 4.90 Å². The van der Waals surface area contributed by atoms with Gasteiger partial charge in [0.15, 0.2) is 0 Å². The smallest absolute Gasteiger partial charge is 0.102 e. The zero-order valence-electron chi connectivity index (χ0n) is 8.69. The Labute approximate surface area is 90.1 Å². The Hall–Kier alpha value is -1.33. The lowest BCUT2D eigenvalue weighted by molar-refractivity contribution is 0.198. The molecule has 1 atom stereocenters. The highest BCUT2D eigenvalue weighted by Crippen LogP contribution is 2.34. The average molecular weight is 198 g/mol. The zero-order chi connectivity index (χ0) is 10.3. The molecular weight excluding hydrogens is 184 g/mol. The molecule has 15 heavy (non-hydrogen) atoms. The quantitative estimate of drug-likeness (QED) is 0.691. The Balaban J connectivity index is 1.93. The molecule has 2 heteroatoms. The van der Waals surface area contributed by atoms with Gasteiger partial charge in [-0.15, -0.1) is 0 Å². The van der Waals surface area contributed by atoms with Gasteiger partial charge >= 0.3 is 0 Å². The third-order valence-corrected chi connectivity index (χ3v) is 3.45. The molecule has 0 saturated heterocycles. The highest BCUT2D eigenvalue weighted by molar-refractivity contribution is 5.32. The van der Waals surface area contributed by atoms with E-state index >= 15 is 0 Å². The molecule has 3 rings (SSSR count). The van der Waals surface area contributed by atoms with Crippen molar-refractivity contribution in [3.05, 3.63) is 35.4 Å². The molecule has 0 bridgehead atoms. The molecule has 0 radical (unpaired) electrons. The van der Waals surface area contributed by atoms with E-state index in [2.05, 4.69) is 35.2 Å². The van der Waals surface area contributed by atoms with Crippen LogP contribution in [0, 0.1) is 11.3 Å². The second-order valence-electron chi connectivity index (χ2n) is 4.52. The fourth-order valence-electron chi connectivity index (χ4n) is 2.45. The topological polar surface area (TPSA) is 27.0 Å². The van der Waals surface area contributed by atoms with Gasteiger partial charge in [0, 0.05) is 19.0 Å². The molecule has 0 amide bonds. The SMILES string of the molecule is N#CC1Cc2ccccc2CN1C1CC1. The number of rotatable bonds is 1. The summed E-state index contributed by atoms with van der Waals surface area (Å²) in [6.07, 6.45) is 3.46. The predicted octanol–water partition coefficient (Wildman–Crippen LogP) is 2.10. The van der Waals surface area contributed by atoms with E-state index in [9.17, 15) is 5.26 Å². The van der Waals surface area contributed by atoms with E-state index in [0.29, 0.717) is 6.04 Å². The summed E-state index contributed by atoms with van der Waals surface area (Å²) in [6, 6.07) is 11.7. The molecule has 1 aliphatic carbocycles. The molecule has 2 nitrogen and oxygen atoms in total. The standard InChI is InChI=1S/C13H14N2/c14-8-13-7-10-3-1-2-4-11(10)9-15(13)12-5-6-12/h1-4,12-13H,5-7,9H2. The molecular formula is C13H14N2. The van der Waals surface area contributed by atoms with Crippen molar-refractivity contribution in [2.75, 3.05) is 0 Å². The number of fused-ring (bicyclic) bond motifs is 1. The molecule has 1 aliphatic heterocycles. The van der Waals surface area contributed by atoms with E-state index in [0.717, 1.165) is 13.0 Å². The van der Waals surface area contributed by atoms with Crippen molar-refractivity contribution in [2.45, 2.75) is 37.9 Å². The summed E-state index contributed by atoms with van der Waals surface area (Å²) >= 11 is 0. The summed E-state index contributed by atoms with van der Waals surface area (Å²) < 4.78 is 0. The lowest BCUT2D eigenvalue weighted by Gasteiger charge is -2.32. The van der Waals surface area contributed by atoms with Gasteiger partial charge in [0.1, 0.15) is 6.04 Å². The Morgan fingerprint density at radius 1 is 1.20 bits per heavy atom. The second-order valence-corrected chi connectivity index (χ2v) is 4.52. The highest BCUT2D eigenvalue weighted by Gasteiger charge is 2.36. The van der Waals surface area contributed by atoms with Gasteiger partial charge in [0.25, 0.3) is 0 Å². The fourth-order valence-corrected chi connectivity index (χ4v) is 2.45. The first kappa shape index (κ1) is 8.94. The Bertz CT molecular complexity index is 415. The molecule has 1 heterocycles. The molecule has 1 aromatic carbocycles. The molecule has 1 aromatic rings. The van der Waals surface area contributed by atoms with Crippen molar-refractivity contribution in [3.63, 3.8) is 0 Å². The van der Waals surface area contributed by atoms with E-state index in [-0.39, 0.29) is 6.04 Å². The van der Waals surface area contributed by atoms with Crippen LogP contribution in [0.25, 0.3) is 0 Å². The monoisotopic (exact) mass is 198 g/mol. The molecule has 0 aromatic heterocycles. The molecule has 1 saturated carbocycles. The number of nitriles is 1. The first-order valence-corrected chi connectivity index (χ1v) is 5.60.